The molecule has 0 aliphatic rings. The molecule has 0 amide bonds. The predicted molar refractivity (Wildman–Crippen MR) is 73.4 cm³/mol. The van der Waals surface area contributed by atoms with Gasteiger partial charge in [0.25, 0.3) is 0 Å². The quantitative estimate of drug-likeness (QED) is 0.481. The monoisotopic (exact) mass is 286 g/mol. The molecule has 0 aliphatic heterocycles. The standard InChI is InChI=1S/C13H22N2O5/c1-14(4-6-17)8-11-13(20)12(19)7-10(9-18)15(11)3-2-5-16/h7,16-18,20H,2-6,8-9H2,1H3. The SMILES string of the molecule is CN(CCO)Cc1c(O)c(=O)cc(CO)n1CCCO. The molecule has 0 saturated heterocycles. The van der Waals surface area contributed by atoms with E-state index in [1.54, 1.807) is 16.5 Å². The summed E-state index contributed by atoms with van der Waals surface area (Å²) in [5.41, 5.74) is 0.237. The van der Waals surface area contributed by atoms with Crippen molar-refractivity contribution in [3.05, 3.63) is 27.7 Å². The fraction of sp³-hybridized carbons (Fsp3) is 0.615. The number of aromatic hydroxyl groups is 1. The maximum atomic E-state index is 11.7. The van der Waals surface area contributed by atoms with Crippen molar-refractivity contribution < 1.29 is 20.4 Å². The third-order valence-corrected chi connectivity index (χ3v) is 3.08. The Morgan fingerprint density at radius 1 is 1.25 bits per heavy atom. The maximum Gasteiger partial charge on any atom is 0.223 e. The molecule has 0 fully saturated rings. The van der Waals surface area contributed by atoms with E-state index in [0.29, 0.717) is 30.9 Å². The molecule has 114 valence electrons. The van der Waals surface area contributed by atoms with Gasteiger partial charge in [-0.2, -0.15) is 0 Å². The lowest BCUT2D eigenvalue weighted by Gasteiger charge is -2.22. The zero-order valence-corrected chi connectivity index (χ0v) is 11.6. The molecule has 0 bridgehead atoms. The van der Waals surface area contributed by atoms with E-state index in [-0.39, 0.29) is 32.1 Å². The van der Waals surface area contributed by atoms with Crippen LogP contribution in [0.3, 0.4) is 0 Å². The molecule has 0 spiro atoms. The van der Waals surface area contributed by atoms with Crippen LogP contribution in [0.25, 0.3) is 0 Å². The van der Waals surface area contributed by atoms with Crippen LogP contribution in [0.2, 0.25) is 0 Å². The van der Waals surface area contributed by atoms with Crippen molar-refractivity contribution in [2.75, 3.05) is 26.8 Å². The van der Waals surface area contributed by atoms with Gasteiger partial charge in [0.05, 0.1) is 18.9 Å². The molecule has 4 N–H and O–H groups in total. The Bertz CT molecular complexity index is 486. The van der Waals surface area contributed by atoms with Gasteiger partial charge < -0.3 is 25.0 Å². The molecular weight excluding hydrogens is 264 g/mol. The first-order chi connectivity index (χ1) is 9.54. The van der Waals surface area contributed by atoms with Crippen molar-refractivity contribution in [2.24, 2.45) is 0 Å². The molecule has 0 aromatic carbocycles. The Kier molecular flexibility index (Phi) is 6.66. The van der Waals surface area contributed by atoms with Crippen LogP contribution in [0.4, 0.5) is 0 Å². The summed E-state index contributed by atoms with van der Waals surface area (Å²) in [5.74, 6) is -0.357. The van der Waals surface area contributed by atoms with E-state index in [4.69, 9.17) is 10.2 Å². The van der Waals surface area contributed by atoms with Crippen LogP contribution in [0.15, 0.2) is 10.9 Å². The van der Waals surface area contributed by atoms with Crippen molar-refractivity contribution in [3.8, 4) is 5.75 Å². The Labute approximate surface area is 117 Å². The summed E-state index contributed by atoms with van der Waals surface area (Å²) in [6, 6.07) is 1.20. The molecule has 0 atom stereocenters. The molecule has 7 nitrogen and oxygen atoms in total. The first kappa shape index (κ1) is 16.6. The summed E-state index contributed by atoms with van der Waals surface area (Å²) in [5, 5.41) is 37.1. The second-order valence-electron chi connectivity index (χ2n) is 4.64. The van der Waals surface area contributed by atoms with Crippen LogP contribution >= 0.6 is 0 Å². The van der Waals surface area contributed by atoms with E-state index < -0.39 is 5.43 Å². The van der Waals surface area contributed by atoms with Gasteiger partial charge in [0.1, 0.15) is 0 Å². The van der Waals surface area contributed by atoms with Gasteiger partial charge in [0.2, 0.25) is 5.43 Å². The largest absolute Gasteiger partial charge is 0.503 e. The highest BCUT2D eigenvalue weighted by atomic mass is 16.3. The lowest BCUT2D eigenvalue weighted by Crippen LogP contribution is -2.27. The molecule has 7 heteroatoms. The van der Waals surface area contributed by atoms with Crippen molar-refractivity contribution in [3.63, 3.8) is 0 Å². The highest BCUT2D eigenvalue weighted by Gasteiger charge is 2.16. The lowest BCUT2D eigenvalue weighted by atomic mass is 10.2. The second-order valence-corrected chi connectivity index (χ2v) is 4.64. The molecule has 0 saturated carbocycles. The summed E-state index contributed by atoms with van der Waals surface area (Å²) in [6.07, 6.45) is 0.450. The number of pyridine rings is 1. The third kappa shape index (κ3) is 4.04. The van der Waals surface area contributed by atoms with Gasteiger partial charge >= 0.3 is 0 Å². The van der Waals surface area contributed by atoms with E-state index >= 15 is 0 Å². The van der Waals surface area contributed by atoms with Crippen LogP contribution in [0, 0.1) is 0 Å². The number of aliphatic hydroxyl groups is 3. The summed E-state index contributed by atoms with van der Waals surface area (Å²) in [6.45, 7) is 0.680. The summed E-state index contributed by atoms with van der Waals surface area (Å²) in [7, 11) is 1.75. The smallest absolute Gasteiger partial charge is 0.223 e. The Morgan fingerprint density at radius 2 is 1.95 bits per heavy atom. The Hall–Kier alpha value is -1.41. The zero-order valence-electron chi connectivity index (χ0n) is 11.6. The van der Waals surface area contributed by atoms with Crippen molar-refractivity contribution in [1.82, 2.24) is 9.47 Å². The third-order valence-electron chi connectivity index (χ3n) is 3.08. The number of likely N-dealkylation sites (N-methyl/N-ethyl adjacent to an activating group) is 1. The average Bonchev–Trinajstić information content (AvgIpc) is 2.42. The molecule has 0 radical (unpaired) electrons. The molecule has 0 unspecified atom stereocenters. The normalized spacial score (nSPS) is 11.2. The number of hydrogen-bond acceptors (Lipinski definition) is 6. The molecule has 1 rings (SSSR count). The van der Waals surface area contributed by atoms with Gasteiger partial charge in [-0.25, -0.2) is 0 Å². The van der Waals surface area contributed by atoms with Gasteiger partial charge in [-0.1, -0.05) is 0 Å². The first-order valence-corrected chi connectivity index (χ1v) is 6.50. The average molecular weight is 286 g/mol. The van der Waals surface area contributed by atoms with E-state index in [1.807, 2.05) is 0 Å². The number of rotatable bonds is 8. The van der Waals surface area contributed by atoms with Gasteiger partial charge in [-0.05, 0) is 13.5 Å². The number of aromatic nitrogens is 1. The van der Waals surface area contributed by atoms with Gasteiger partial charge in [0.15, 0.2) is 5.75 Å². The molecule has 20 heavy (non-hydrogen) atoms. The van der Waals surface area contributed by atoms with Crippen LogP contribution in [0.5, 0.6) is 5.75 Å². The van der Waals surface area contributed by atoms with Crippen molar-refractivity contribution in [1.29, 1.82) is 0 Å². The minimum atomic E-state index is -0.540. The Morgan fingerprint density at radius 3 is 2.50 bits per heavy atom. The molecule has 1 aromatic heterocycles. The highest BCUT2D eigenvalue weighted by Crippen LogP contribution is 2.17. The molecule has 1 heterocycles. The summed E-state index contributed by atoms with van der Waals surface area (Å²) >= 11 is 0. The molecule has 1 aromatic rings. The van der Waals surface area contributed by atoms with E-state index in [1.165, 1.54) is 6.07 Å². The van der Waals surface area contributed by atoms with E-state index in [0.717, 1.165) is 0 Å². The number of hydrogen-bond donors (Lipinski definition) is 4. The second kappa shape index (κ2) is 8.01. The minimum Gasteiger partial charge on any atom is -0.503 e. The minimum absolute atomic E-state index is 0.0241. The van der Waals surface area contributed by atoms with Crippen LogP contribution in [-0.2, 0) is 19.7 Å². The molecular formula is C13H22N2O5. The van der Waals surface area contributed by atoms with E-state index in [2.05, 4.69) is 0 Å². The van der Waals surface area contributed by atoms with Crippen LogP contribution in [-0.4, -0.2) is 56.7 Å². The topological polar surface area (TPSA) is 106 Å². The van der Waals surface area contributed by atoms with E-state index in [9.17, 15) is 15.0 Å². The van der Waals surface area contributed by atoms with Crippen molar-refractivity contribution >= 4 is 0 Å². The number of aliphatic hydroxyl groups excluding tert-OH is 3. The highest BCUT2D eigenvalue weighted by molar-refractivity contribution is 5.30. The predicted octanol–water partition coefficient (Wildman–Crippen LogP) is -1.15. The van der Waals surface area contributed by atoms with Crippen LogP contribution in [0.1, 0.15) is 17.8 Å². The van der Waals surface area contributed by atoms with Crippen LogP contribution < -0.4 is 5.43 Å². The van der Waals surface area contributed by atoms with Crippen molar-refractivity contribution in [2.45, 2.75) is 26.1 Å². The Balaban J connectivity index is 3.21. The number of nitrogens with zero attached hydrogens (tertiary/aromatic N) is 2. The van der Waals surface area contributed by atoms with Gasteiger partial charge in [-0.15, -0.1) is 0 Å². The summed E-state index contributed by atoms with van der Waals surface area (Å²) < 4.78 is 1.64. The lowest BCUT2D eigenvalue weighted by molar-refractivity contribution is 0.209. The first-order valence-electron chi connectivity index (χ1n) is 6.50. The molecule has 0 aliphatic carbocycles. The zero-order chi connectivity index (χ0) is 15.1. The summed E-state index contributed by atoms with van der Waals surface area (Å²) in [4.78, 5) is 13.4. The fourth-order valence-corrected chi connectivity index (χ4v) is 2.05. The fourth-order valence-electron chi connectivity index (χ4n) is 2.05. The van der Waals surface area contributed by atoms with Gasteiger partial charge in [0, 0.05) is 38.0 Å². The van der Waals surface area contributed by atoms with Gasteiger partial charge in [-0.3, -0.25) is 9.69 Å². The maximum absolute atomic E-state index is 11.7.